The first kappa shape index (κ1) is 9.77. The highest BCUT2D eigenvalue weighted by molar-refractivity contribution is 5.65. The Hall–Kier alpha value is -0.770. The normalized spacial score (nSPS) is 33.9. The summed E-state index contributed by atoms with van der Waals surface area (Å²) in [4.78, 5) is 14.8. The summed E-state index contributed by atoms with van der Waals surface area (Å²) in [6.07, 6.45) is 2.78. The molecule has 0 aromatic carbocycles. The molecule has 0 saturated carbocycles. The third kappa shape index (κ3) is 1.71. The average Bonchev–Trinajstić information content (AvgIpc) is 2.71. The van der Waals surface area contributed by atoms with Crippen LogP contribution in [0.5, 0.6) is 0 Å². The maximum absolute atomic E-state index is 10.8. The van der Waals surface area contributed by atoms with Gasteiger partial charge in [-0.3, -0.25) is 4.90 Å². The molecular weight excluding hydrogens is 180 g/mol. The van der Waals surface area contributed by atoms with Crippen LogP contribution in [0, 0.1) is 0 Å². The van der Waals surface area contributed by atoms with Crippen LogP contribution in [0.4, 0.5) is 4.79 Å². The summed E-state index contributed by atoms with van der Waals surface area (Å²) < 4.78 is 0. The lowest BCUT2D eigenvalue weighted by atomic mass is 10.2. The van der Waals surface area contributed by atoms with Crippen LogP contribution in [-0.2, 0) is 0 Å². The van der Waals surface area contributed by atoms with Crippen LogP contribution in [0.3, 0.4) is 0 Å². The van der Waals surface area contributed by atoms with E-state index in [2.05, 4.69) is 11.8 Å². The van der Waals surface area contributed by atoms with Crippen molar-refractivity contribution in [2.45, 2.75) is 38.3 Å². The molecule has 2 rings (SSSR count). The van der Waals surface area contributed by atoms with Gasteiger partial charge in [0.15, 0.2) is 0 Å². The van der Waals surface area contributed by atoms with Gasteiger partial charge in [-0.1, -0.05) is 0 Å². The molecule has 2 saturated heterocycles. The van der Waals surface area contributed by atoms with Crippen molar-refractivity contribution in [2.75, 3.05) is 19.6 Å². The molecule has 1 amide bonds. The second-order valence-electron chi connectivity index (χ2n) is 4.40. The third-order valence-electron chi connectivity index (χ3n) is 3.51. The fourth-order valence-corrected chi connectivity index (χ4v) is 2.68. The lowest BCUT2D eigenvalue weighted by molar-refractivity contribution is 0.145. The fourth-order valence-electron chi connectivity index (χ4n) is 2.68. The zero-order valence-corrected chi connectivity index (χ0v) is 8.65. The zero-order chi connectivity index (χ0) is 10.1. The third-order valence-corrected chi connectivity index (χ3v) is 3.51. The maximum atomic E-state index is 10.8. The van der Waals surface area contributed by atoms with Crippen molar-refractivity contribution in [2.24, 2.45) is 0 Å². The molecule has 0 unspecified atom stereocenters. The molecule has 2 aliphatic heterocycles. The van der Waals surface area contributed by atoms with Crippen LogP contribution in [0.1, 0.15) is 26.2 Å². The SMILES string of the molecule is C[C@@H]1CCCN1[C@H]1CCN(C(=O)O)C1. The molecule has 2 aliphatic rings. The Morgan fingerprint density at radius 2 is 2.14 bits per heavy atom. The lowest BCUT2D eigenvalue weighted by Crippen LogP contribution is -2.40. The Morgan fingerprint density at radius 3 is 2.64 bits per heavy atom. The minimum Gasteiger partial charge on any atom is -0.465 e. The molecule has 0 bridgehead atoms. The summed E-state index contributed by atoms with van der Waals surface area (Å²) in [6, 6.07) is 1.12. The molecule has 2 fully saturated rings. The molecule has 14 heavy (non-hydrogen) atoms. The highest BCUT2D eigenvalue weighted by atomic mass is 16.4. The maximum Gasteiger partial charge on any atom is 0.407 e. The largest absolute Gasteiger partial charge is 0.465 e. The Morgan fingerprint density at radius 1 is 1.36 bits per heavy atom. The van der Waals surface area contributed by atoms with Gasteiger partial charge < -0.3 is 10.0 Å². The number of hydrogen-bond acceptors (Lipinski definition) is 2. The van der Waals surface area contributed by atoms with E-state index in [0.717, 1.165) is 13.0 Å². The number of carboxylic acid groups (broad SMARTS) is 1. The number of rotatable bonds is 1. The number of hydrogen-bond donors (Lipinski definition) is 1. The molecule has 0 spiro atoms. The molecule has 0 radical (unpaired) electrons. The van der Waals surface area contributed by atoms with Crippen LogP contribution in [0.2, 0.25) is 0 Å². The quantitative estimate of drug-likeness (QED) is 0.689. The second kappa shape index (κ2) is 3.77. The van der Waals surface area contributed by atoms with Crippen molar-refractivity contribution in [1.29, 1.82) is 0 Å². The molecular formula is C10H18N2O2. The molecule has 0 aromatic heterocycles. The van der Waals surface area contributed by atoms with Gasteiger partial charge in [-0.2, -0.15) is 0 Å². The first-order valence-electron chi connectivity index (χ1n) is 5.42. The van der Waals surface area contributed by atoms with Gasteiger partial charge in [-0.25, -0.2) is 4.79 Å². The monoisotopic (exact) mass is 198 g/mol. The summed E-state index contributed by atoms with van der Waals surface area (Å²) >= 11 is 0. The summed E-state index contributed by atoms with van der Waals surface area (Å²) in [6.45, 7) is 4.82. The van der Waals surface area contributed by atoms with Crippen molar-refractivity contribution < 1.29 is 9.90 Å². The molecule has 2 heterocycles. The van der Waals surface area contributed by atoms with Crippen molar-refractivity contribution in [3.05, 3.63) is 0 Å². The second-order valence-corrected chi connectivity index (χ2v) is 4.40. The van der Waals surface area contributed by atoms with Gasteiger partial charge >= 0.3 is 6.09 Å². The standard InChI is InChI=1S/C10H18N2O2/c1-8-3-2-5-12(8)9-4-6-11(7-9)10(13)14/h8-9H,2-7H2,1H3,(H,13,14)/t8-,9+/m1/s1. The smallest absolute Gasteiger partial charge is 0.407 e. The van der Waals surface area contributed by atoms with Crippen LogP contribution in [0.15, 0.2) is 0 Å². The minimum atomic E-state index is -0.764. The molecule has 0 aromatic rings. The molecule has 1 N–H and O–H groups in total. The number of likely N-dealkylation sites (tertiary alicyclic amines) is 2. The highest BCUT2D eigenvalue weighted by Gasteiger charge is 2.34. The molecule has 0 aliphatic carbocycles. The van der Waals surface area contributed by atoms with Crippen molar-refractivity contribution in [1.82, 2.24) is 9.80 Å². The van der Waals surface area contributed by atoms with E-state index in [0.29, 0.717) is 25.2 Å². The van der Waals surface area contributed by atoms with Crippen LogP contribution in [-0.4, -0.2) is 52.7 Å². The molecule has 4 heteroatoms. The topological polar surface area (TPSA) is 43.8 Å². The van der Waals surface area contributed by atoms with Gasteiger partial charge in [0, 0.05) is 25.2 Å². The molecule has 4 nitrogen and oxygen atoms in total. The number of carbonyl (C=O) groups is 1. The molecule has 2 atom stereocenters. The van der Waals surface area contributed by atoms with Crippen LogP contribution in [0.25, 0.3) is 0 Å². The fraction of sp³-hybridized carbons (Fsp3) is 0.900. The summed E-state index contributed by atoms with van der Waals surface area (Å²) in [5.74, 6) is 0. The van der Waals surface area contributed by atoms with Crippen LogP contribution >= 0.6 is 0 Å². The van der Waals surface area contributed by atoms with Gasteiger partial charge in [-0.05, 0) is 32.7 Å². The van der Waals surface area contributed by atoms with E-state index in [1.807, 2.05) is 0 Å². The van der Waals surface area contributed by atoms with Crippen molar-refractivity contribution in [3.8, 4) is 0 Å². The Kier molecular flexibility index (Phi) is 2.63. The Bertz CT molecular complexity index is 232. The summed E-state index contributed by atoms with van der Waals surface area (Å²) in [7, 11) is 0. The number of amides is 1. The Balaban J connectivity index is 1.91. The van der Waals surface area contributed by atoms with Gasteiger partial charge in [-0.15, -0.1) is 0 Å². The van der Waals surface area contributed by atoms with Crippen molar-refractivity contribution >= 4 is 6.09 Å². The van der Waals surface area contributed by atoms with Gasteiger partial charge in [0.1, 0.15) is 0 Å². The van der Waals surface area contributed by atoms with Gasteiger partial charge in [0.25, 0.3) is 0 Å². The summed E-state index contributed by atoms with van der Waals surface area (Å²) in [5, 5.41) is 8.85. The first-order chi connectivity index (χ1) is 6.68. The van der Waals surface area contributed by atoms with E-state index in [-0.39, 0.29) is 0 Å². The van der Waals surface area contributed by atoms with Gasteiger partial charge in [0.2, 0.25) is 0 Å². The predicted octanol–water partition coefficient (Wildman–Crippen LogP) is 1.22. The van der Waals surface area contributed by atoms with Crippen LogP contribution < -0.4 is 0 Å². The predicted molar refractivity (Wildman–Crippen MR) is 53.4 cm³/mol. The van der Waals surface area contributed by atoms with E-state index in [4.69, 9.17) is 5.11 Å². The van der Waals surface area contributed by atoms with E-state index >= 15 is 0 Å². The lowest BCUT2D eigenvalue weighted by Gasteiger charge is -2.27. The first-order valence-corrected chi connectivity index (χ1v) is 5.42. The van der Waals surface area contributed by atoms with E-state index in [9.17, 15) is 4.79 Å². The zero-order valence-electron chi connectivity index (χ0n) is 8.65. The number of nitrogens with zero attached hydrogens (tertiary/aromatic N) is 2. The summed E-state index contributed by atoms with van der Waals surface area (Å²) in [5.41, 5.74) is 0. The molecule has 80 valence electrons. The highest BCUT2D eigenvalue weighted by Crippen LogP contribution is 2.24. The average molecular weight is 198 g/mol. The van der Waals surface area contributed by atoms with E-state index < -0.39 is 6.09 Å². The Labute approximate surface area is 84.5 Å². The minimum absolute atomic E-state index is 0.476. The van der Waals surface area contributed by atoms with Gasteiger partial charge in [0.05, 0.1) is 0 Å². The van der Waals surface area contributed by atoms with E-state index in [1.165, 1.54) is 17.7 Å². The van der Waals surface area contributed by atoms with Crippen molar-refractivity contribution in [3.63, 3.8) is 0 Å². The van der Waals surface area contributed by atoms with E-state index in [1.54, 1.807) is 0 Å².